The second kappa shape index (κ2) is 5.06. The topological polar surface area (TPSA) is 54.6 Å². The van der Waals surface area contributed by atoms with E-state index in [2.05, 4.69) is 20.9 Å². The van der Waals surface area contributed by atoms with Crippen LogP contribution in [-0.4, -0.2) is 15.6 Å². The maximum Gasteiger partial charge on any atom is 0.279 e. The molecule has 1 amide bonds. The summed E-state index contributed by atoms with van der Waals surface area (Å²) >= 11 is 3.47. The average Bonchev–Trinajstić information content (AvgIpc) is 2.99. The molecular formula is C18H13BrN2O2. The SMILES string of the molecule is CCn1c(O)c(C2=c3ccccc3=NC2=O)c2cc(Br)ccc21. The Bertz CT molecular complexity index is 1100. The number of aryl methyl sites for hydroxylation is 1. The van der Waals surface area contributed by atoms with Crippen molar-refractivity contribution in [3.8, 4) is 5.88 Å². The summed E-state index contributed by atoms with van der Waals surface area (Å²) in [5.74, 6) is -0.201. The van der Waals surface area contributed by atoms with Crippen molar-refractivity contribution in [3.63, 3.8) is 0 Å². The van der Waals surface area contributed by atoms with E-state index in [0.29, 0.717) is 23.0 Å². The molecule has 0 radical (unpaired) electrons. The third-order valence-electron chi connectivity index (χ3n) is 4.17. The van der Waals surface area contributed by atoms with E-state index in [9.17, 15) is 9.90 Å². The molecule has 1 aliphatic rings. The molecule has 0 unspecified atom stereocenters. The number of aromatic hydroxyl groups is 1. The van der Waals surface area contributed by atoms with E-state index in [-0.39, 0.29) is 11.8 Å². The number of aromatic nitrogens is 1. The van der Waals surface area contributed by atoms with Crippen molar-refractivity contribution >= 4 is 38.3 Å². The van der Waals surface area contributed by atoms with Gasteiger partial charge in [-0.1, -0.05) is 34.1 Å². The number of fused-ring (bicyclic) bond motifs is 2. The van der Waals surface area contributed by atoms with E-state index < -0.39 is 0 Å². The molecule has 3 aromatic rings. The van der Waals surface area contributed by atoms with Crippen LogP contribution in [0.5, 0.6) is 5.88 Å². The maximum absolute atomic E-state index is 12.5. The Morgan fingerprint density at radius 2 is 2.00 bits per heavy atom. The van der Waals surface area contributed by atoms with Gasteiger partial charge in [-0.3, -0.25) is 4.79 Å². The first-order valence-corrected chi connectivity index (χ1v) is 8.14. The highest BCUT2D eigenvalue weighted by Gasteiger charge is 2.26. The standard InChI is InChI=1S/C18H13BrN2O2/c1-2-21-14-8-7-10(19)9-12(14)16(18(21)23)15-11-5-3-4-6-13(11)20-17(15)22/h3-9,23H,2H2,1H3. The normalized spacial score (nSPS) is 13.5. The fourth-order valence-electron chi connectivity index (χ4n) is 3.18. The predicted molar refractivity (Wildman–Crippen MR) is 91.7 cm³/mol. The van der Waals surface area contributed by atoms with E-state index in [4.69, 9.17) is 0 Å². The lowest BCUT2D eigenvalue weighted by Gasteiger charge is -2.03. The Morgan fingerprint density at radius 1 is 1.22 bits per heavy atom. The van der Waals surface area contributed by atoms with Gasteiger partial charge >= 0.3 is 0 Å². The van der Waals surface area contributed by atoms with Crippen molar-refractivity contribution in [2.24, 2.45) is 4.99 Å². The molecule has 2 aromatic carbocycles. The van der Waals surface area contributed by atoms with Crippen molar-refractivity contribution in [2.75, 3.05) is 0 Å². The van der Waals surface area contributed by atoms with Crippen LogP contribution >= 0.6 is 15.9 Å². The van der Waals surface area contributed by atoms with Gasteiger partial charge in [0, 0.05) is 21.6 Å². The summed E-state index contributed by atoms with van der Waals surface area (Å²) in [4.78, 5) is 16.6. The second-order valence-electron chi connectivity index (χ2n) is 5.41. The van der Waals surface area contributed by atoms with Gasteiger partial charge in [0.2, 0.25) is 0 Å². The number of hydrogen-bond acceptors (Lipinski definition) is 2. The Kier molecular flexibility index (Phi) is 3.13. The lowest BCUT2D eigenvalue weighted by atomic mass is 10.0. The minimum atomic E-state index is -0.309. The molecular weight excluding hydrogens is 356 g/mol. The molecule has 23 heavy (non-hydrogen) atoms. The first-order chi connectivity index (χ1) is 11.1. The third kappa shape index (κ3) is 1.96. The van der Waals surface area contributed by atoms with Gasteiger partial charge in [-0.15, -0.1) is 0 Å². The Balaban J connectivity index is 2.20. The van der Waals surface area contributed by atoms with Crippen LogP contribution in [0.2, 0.25) is 0 Å². The first-order valence-electron chi connectivity index (χ1n) is 7.35. The lowest BCUT2D eigenvalue weighted by Crippen LogP contribution is -2.22. The monoisotopic (exact) mass is 368 g/mol. The third-order valence-corrected chi connectivity index (χ3v) is 4.67. The molecule has 0 atom stereocenters. The highest BCUT2D eigenvalue weighted by molar-refractivity contribution is 9.10. The summed E-state index contributed by atoms with van der Waals surface area (Å²) in [7, 11) is 0. The van der Waals surface area contributed by atoms with E-state index in [0.717, 1.165) is 20.6 Å². The molecule has 1 N–H and O–H groups in total. The Morgan fingerprint density at radius 3 is 2.78 bits per heavy atom. The predicted octanol–water partition coefficient (Wildman–Crippen LogP) is 2.49. The molecule has 0 saturated carbocycles. The summed E-state index contributed by atoms with van der Waals surface area (Å²) < 4.78 is 2.70. The van der Waals surface area contributed by atoms with Crippen LogP contribution in [0.25, 0.3) is 16.5 Å². The van der Waals surface area contributed by atoms with Gasteiger partial charge in [0.25, 0.3) is 5.91 Å². The number of nitrogens with zero attached hydrogens (tertiary/aromatic N) is 2. The van der Waals surface area contributed by atoms with Crippen LogP contribution in [0.4, 0.5) is 0 Å². The fraction of sp³-hybridized carbons (Fsp3) is 0.111. The van der Waals surface area contributed by atoms with E-state index in [1.807, 2.05) is 49.4 Å². The number of rotatable bonds is 2. The minimum absolute atomic E-state index is 0.107. The number of carbonyl (C=O) groups excluding carboxylic acids is 1. The smallest absolute Gasteiger partial charge is 0.279 e. The molecule has 0 fully saturated rings. The van der Waals surface area contributed by atoms with Gasteiger partial charge in [0.15, 0.2) is 5.88 Å². The van der Waals surface area contributed by atoms with E-state index in [1.165, 1.54) is 0 Å². The molecule has 114 valence electrons. The van der Waals surface area contributed by atoms with Crippen LogP contribution in [-0.2, 0) is 11.3 Å². The molecule has 0 spiro atoms. The van der Waals surface area contributed by atoms with Crippen LogP contribution in [0.1, 0.15) is 12.5 Å². The minimum Gasteiger partial charge on any atom is -0.494 e. The number of amides is 1. The molecule has 1 aromatic heterocycles. The van der Waals surface area contributed by atoms with Crippen molar-refractivity contribution in [1.29, 1.82) is 0 Å². The quantitative estimate of drug-likeness (QED) is 0.755. The number of halogens is 1. The molecule has 0 aliphatic carbocycles. The Labute approximate surface area is 140 Å². The van der Waals surface area contributed by atoms with Gasteiger partial charge in [-0.05, 0) is 31.2 Å². The molecule has 4 rings (SSSR count). The average molecular weight is 369 g/mol. The lowest BCUT2D eigenvalue weighted by molar-refractivity contribution is -0.112. The van der Waals surface area contributed by atoms with Gasteiger partial charge in [-0.25, -0.2) is 4.99 Å². The number of para-hydroxylation sites is 1. The zero-order chi connectivity index (χ0) is 16.1. The molecule has 1 aliphatic heterocycles. The highest BCUT2D eigenvalue weighted by atomic mass is 79.9. The molecule has 5 heteroatoms. The van der Waals surface area contributed by atoms with E-state index in [1.54, 1.807) is 4.57 Å². The number of hydrogen-bond donors (Lipinski definition) is 1. The fourth-order valence-corrected chi connectivity index (χ4v) is 3.55. The second-order valence-corrected chi connectivity index (χ2v) is 6.33. The zero-order valence-corrected chi connectivity index (χ0v) is 14.0. The Hall–Kier alpha value is -2.40. The summed E-state index contributed by atoms with van der Waals surface area (Å²) in [6, 6.07) is 13.2. The molecule has 0 saturated heterocycles. The van der Waals surface area contributed by atoms with Gasteiger partial charge in [0.05, 0.1) is 22.0 Å². The number of carbonyl (C=O) groups is 1. The van der Waals surface area contributed by atoms with Crippen molar-refractivity contribution < 1.29 is 9.90 Å². The largest absolute Gasteiger partial charge is 0.494 e. The summed E-state index contributed by atoms with van der Waals surface area (Å²) in [6.45, 7) is 2.58. The van der Waals surface area contributed by atoms with Crippen LogP contribution in [0.3, 0.4) is 0 Å². The van der Waals surface area contributed by atoms with Crippen molar-refractivity contribution in [1.82, 2.24) is 4.57 Å². The molecule has 4 nitrogen and oxygen atoms in total. The van der Waals surface area contributed by atoms with Crippen molar-refractivity contribution in [3.05, 3.63) is 63.1 Å². The summed E-state index contributed by atoms with van der Waals surface area (Å²) in [6.07, 6.45) is 0. The van der Waals surface area contributed by atoms with Crippen LogP contribution in [0, 0.1) is 0 Å². The van der Waals surface area contributed by atoms with Gasteiger partial charge in [0.1, 0.15) is 0 Å². The van der Waals surface area contributed by atoms with E-state index >= 15 is 0 Å². The van der Waals surface area contributed by atoms with Crippen molar-refractivity contribution in [2.45, 2.75) is 13.5 Å². The van der Waals surface area contributed by atoms with Gasteiger partial charge in [-0.2, -0.15) is 0 Å². The summed E-state index contributed by atoms with van der Waals surface area (Å²) in [5.41, 5.74) is 1.92. The summed E-state index contributed by atoms with van der Waals surface area (Å²) in [5, 5.41) is 13.0. The van der Waals surface area contributed by atoms with Crippen LogP contribution in [0.15, 0.2) is 51.9 Å². The number of benzene rings is 2. The maximum atomic E-state index is 12.5. The molecule has 2 heterocycles. The first kappa shape index (κ1) is 14.2. The zero-order valence-electron chi connectivity index (χ0n) is 12.4. The van der Waals surface area contributed by atoms with Gasteiger partial charge < -0.3 is 9.67 Å². The van der Waals surface area contributed by atoms with Crippen LogP contribution < -0.4 is 10.6 Å². The highest BCUT2D eigenvalue weighted by Crippen LogP contribution is 2.37. The molecule has 0 bridgehead atoms.